The van der Waals surface area contributed by atoms with Gasteiger partial charge in [0, 0.05) is 42.3 Å². The van der Waals surface area contributed by atoms with Gasteiger partial charge in [-0.25, -0.2) is 4.98 Å². The molecule has 0 unspecified atom stereocenters. The Labute approximate surface area is 169 Å². The molecule has 0 saturated heterocycles. The van der Waals surface area contributed by atoms with Gasteiger partial charge < -0.3 is 20.1 Å². The van der Waals surface area contributed by atoms with Gasteiger partial charge in [-0.15, -0.1) is 0 Å². The lowest BCUT2D eigenvalue weighted by atomic mass is 10.1. The van der Waals surface area contributed by atoms with Crippen LogP contribution in [0.3, 0.4) is 0 Å². The van der Waals surface area contributed by atoms with E-state index in [9.17, 15) is 4.79 Å². The van der Waals surface area contributed by atoms with Crippen LogP contribution in [0.5, 0.6) is 11.5 Å². The lowest BCUT2D eigenvalue weighted by Crippen LogP contribution is -2.13. The summed E-state index contributed by atoms with van der Waals surface area (Å²) in [5.74, 6) is 1.48. The van der Waals surface area contributed by atoms with Crippen molar-refractivity contribution in [3.05, 3.63) is 71.9 Å². The highest BCUT2D eigenvalue weighted by Crippen LogP contribution is 2.25. The lowest BCUT2D eigenvalue weighted by Gasteiger charge is -2.11. The monoisotopic (exact) mass is 390 g/mol. The molecule has 0 radical (unpaired) electrons. The van der Waals surface area contributed by atoms with Gasteiger partial charge in [-0.3, -0.25) is 9.79 Å². The smallest absolute Gasteiger partial charge is 0.255 e. The van der Waals surface area contributed by atoms with Crippen molar-refractivity contribution in [2.24, 2.45) is 4.99 Å². The normalized spacial score (nSPS) is 10.6. The van der Waals surface area contributed by atoms with Crippen molar-refractivity contribution < 1.29 is 14.3 Å². The number of aliphatic imine (C=N–C) groups is 1. The minimum Gasteiger partial charge on any atom is -0.497 e. The first-order valence-corrected chi connectivity index (χ1v) is 8.95. The van der Waals surface area contributed by atoms with Crippen molar-refractivity contribution in [1.82, 2.24) is 4.98 Å². The third-order valence-corrected chi connectivity index (χ3v) is 4.19. The second-order valence-corrected chi connectivity index (χ2v) is 6.02. The summed E-state index contributed by atoms with van der Waals surface area (Å²) in [6.45, 7) is 0. The molecule has 1 aromatic heterocycles. The number of nitrogens with one attached hydrogen (secondary N) is 2. The van der Waals surface area contributed by atoms with Crippen molar-refractivity contribution in [3.63, 3.8) is 0 Å². The Morgan fingerprint density at radius 3 is 2.45 bits per heavy atom. The van der Waals surface area contributed by atoms with Crippen LogP contribution in [0.25, 0.3) is 0 Å². The van der Waals surface area contributed by atoms with Crippen molar-refractivity contribution in [3.8, 4) is 11.5 Å². The predicted molar refractivity (Wildman–Crippen MR) is 115 cm³/mol. The maximum absolute atomic E-state index is 12.8. The van der Waals surface area contributed by atoms with Gasteiger partial charge in [-0.1, -0.05) is 18.2 Å². The highest BCUT2D eigenvalue weighted by atomic mass is 16.5. The Kier molecular flexibility index (Phi) is 6.42. The van der Waals surface area contributed by atoms with Crippen LogP contribution in [0, 0.1) is 0 Å². The van der Waals surface area contributed by atoms with Crippen molar-refractivity contribution in [2.45, 2.75) is 0 Å². The molecule has 148 valence electrons. The first-order valence-electron chi connectivity index (χ1n) is 8.95. The van der Waals surface area contributed by atoms with Crippen molar-refractivity contribution in [2.75, 3.05) is 31.9 Å². The minimum atomic E-state index is -0.277. The van der Waals surface area contributed by atoms with E-state index >= 15 is 0 Å². The van der Waals surface area contributed by atoms with E-state index in [1.807, 2.05) is 36.4 Å². The molecule has 0 saturated carbocycles. The van der Waals surface area contributed by atoms with Crippen LogP contribution in [-0.2, 0) is 0 Å². The molecule has 1 amide bonds. The average Bonchev–Trinajstić information content (AvgIpc) is 2.78. The number of amides is 1. The number of hydrogen-bond acceptors (Lipinski definition) is 6. The Morgan fingerprint density at radius 1 is 1.03 bits per heavy atom. The largest absolute Gasteiger partial charge is 0.497 e. The molecule has 2 aromatic carbocycles. The van der Waals surface area contributed by atoms with Crippen LogP contribution < -0.4 is 20.1 Å². The van der Waals surface area contributed by atoms with Gasteiger partial charge in [0.1, 0.15) is 17.2 Å². The molecule has 0 aliphatic rings. The predicted octanol–water partition coefficient (Wildman–Crippen LogP) is 4.14. The summed E-state index contributed by atoms with van der Waals surface area (Å²) in [4.78, 5) is 21.5. The van der Waals surface area contributed by atoms with Crippen molar-refractivity contribution in [1.29, 1.82) is 0 Å². The van der Waals surface area contributed by atoms with Crippen LogP contribution in [0.15, 0.2) is 65.8 Å². The van der Waals surface area contributed by atoms with E-state index in [2.05, 4.69) is 20.6 Å². The quantitative estimate of drug-likeness (QED) is 0.592. The van der Waals surface area contributed by atoms with Crippen LogP contribution in [0.1, 0.15) is 15.9 Å². The molecule has 3 rings (SSSR count). The van der Waals surface area contributed by atoms with Crippen LogP contribution in [0.4, 0.5) is 17.2 Å². The number of aromatic nitrogens is 1. The number of pyridine rings is 1. The Bertz CT molecular complexity index is 1010. The van der Waals surface area contributed by atoms with E-state index in [0.717, 1.165) is 5.56 Å². The van der Waals surface area contributed by atoms with Gasteiger partial charge in [0.25, 0.3) is 5.91 Å². The van der Waals surface area contributed by atoms with E-state index in [1.165, 1.54) is 0 Å². The summed E-state index contributed by atoms with van der Waals surface area (Å²) in [5.41, 5.74) is 2.53. The fourth-order valence-electron chi connectivity index (χ4n) is 2.69. The standard InChI is InChI=1S/C22H22N4O3/c1-23-21-20(9-6-10-24-21)25-14-15-7-4-5-8-19(15)26-22(27)16-11-17(28-2)13-18(12-16)29-3/h4-14H,1-3H3,(H,23,24)(H,26,27). The Hall–Kier alpha value is -3.87. The van der Waals surface area contributed by atoms with Crippen molar-refractivity contribution >= 4 is 29.3 Å². The first kappa shape index (κ1) is 19.9. The maximum Gasteiger partial charge on any atom is 0.255 e. The molecular weight excluding hydrogens is 368 g/mol. The highest BCUT2D eigenvalue weighted by Gasteiger charge is 2.12. The summed E-state index contributed by atoms with van der Waals surface area (Å²) < 4.78 is 10.5. The lowest BCUT2D eigenvalue weighted by molar-refractivity contribution is 0.102. The van der Waals surface area contributed by atoms with Crippen LogP contribution >= 0.6 is 0 Å². The second kappa shape index (κ2) is 9.36. The number of rotatable bonds is 7. The number of methoxy groups -OCH3 is 2. The summed E-state index contributed by atoms with van der Waals surface area (Å²) in [6, 6.07) is 16.1. The zero-order valence-electron chi connectivity index (χ0n) is 16.5. The van der Waals surface area contributed by atoms with Gasteiger partial charge in [0.2, 0.25) is 0 Å². The summed E-state index contributed by atoms with van der Waals surface area (Å²) in [5, 5.41) is 5.93. The SMILES string of the molecule is CNc1ncccc1N=Cc1ccccc1NC(=O)c1cc(OC)cc(OC)c1. The number of anilines is 2. The molecule has 1 heterocycles. The molecule has 0 aliphatic carbocycles. The average molecular weight is 390 g/mol. The minimum absolute atomic E-state index is 0.277. The molecule has 0 aliphatic heterocycles. The molecule has 0 bridgehead atoms. The van der Waals surface area contributed by atoms with E-state index in [-0.39, 0.29) is 5.91 Å². The number of benzene rings is 2. The zero-order chi connectivity index (χ0) is 20.6. The van der Waals surface area contributed by atoms with Gasteiger partial charge in [-0.05, 0) is 30.3 Å². The topological polar surface area (TPSA) is 84.8 Å². The fraction of sp³-hybridized carbons (Fsp3) is 0.136. The molecule has 29 heavy (non-hydrogen) atoms. The van der Waals surface area contributed by atoms with Gasteiger partial charge in [0.05, 0.1) is 14.2 Å². The maximum atomic E-state index is 12.8. The molecule has 0 atom stereocenters. The van der Waals surface area contributed by atoms with Crippen LogP contribution in [0.2, 0.25) is 0 Å². The number of para-hydroxylation sites is 1. The second-order valence-electron chi connectivity index (χ2n) is 6.02. The molecule has 7 heteroatoms. The number of ether oxygens (including phenoxy) is 2. The van der Waals surface area contributed by atoms with Crippen LogP contribution in [-0.4, -0.2) is 38.4 Å². The number of hydrogen-bond donors (Lipinski definition) is 2. The van der Waals surface area contributed by atoms with E-state index in [0.29, 0.717) is 34.3 Å². The van der Waals surface area contributed by atoms with E-state index < -0.39 is 0 Å². The van der Waals surface area contributed by atoms with Gasteiger partial charge >= 0.3 is 0 Å². The highest BCUT2D eigenvalue weighted by molar-refractivity contribution is 6.07. The summed E-state index contributed by atoms with van der Waals surface area (Å²) in [7, 11) is 4.87. The summed E-state index contributed by atoms with van der Waals surface area (Å²) >= 11 is 0. The number of nitrogens with zero attached hydrogens (tertiary/aromatic N) is 2. The number of carbonyl (C=O) groups is 1. The zero-order valence-corrected chi connectivity index (χ0v) is 16.5. The third-order valence-electron chi connectivity index (χ3n) is 4.19. The van der Waals surface area contributed by atoms with Gasteiger partial charge in [0.15, 0.2) is 5.82 Å². The van der Waals surface area contributed by atoms with E-state index in [1.54, 1.807) is 51.9 Å². The van der Waals surface area contributed by atoms with E-state index in [4.69, 9.17) is 9.47 Å². The molecule has 2 N–H and O–H groups in total. The first-order chi connectivity index (χ1) is 14.1. The molecule has 0 fully saturated rings. The Balaban J connectivity index is 1.86. The molecular formula is C22H22N4O3. The number of carbonyl (C=O) groups excluding carboxylic acids is 1. The fourth-order valence-corrected chi connectivity index (χ4v) is 2.69. The molecule has 3 aromatic rings. The Morgan fingerprint density at radius 2 is 1.76 bits per heavy atom. The third kappa shape index (κ3) is 4.90. The molecule has 7 nitrogen and oxygen atoms in total. The van der Waals surface area contributed by atoms with Gasteiger partial charge in [-0.2, -0.15) is 0 Å². The summed E-state index contributed by atoms with van der Waals surface area (Å²) in [6.07, 6.45) is 3.39. The molecule has 0 spiro atoms.